The summed E-state index contributed by atoms with van der Waals surface area (Å²) in [4.78, 5) is 26.1. The van der Waals surface area contributed by atoms with Gasteiger partial charge in [0, 0.05) is 13.1 Å². The molecule has 0 aliphatic heterocycles. The molecule has 1 rings (SSSR count). The van der Waals surface area contributed by atoms with Gasteiger partial charge in [0.2, 0.25) is 11.8 Å². The highest BCUT2D eigenvalue weighted by Crippen LogP contribution is 2.15. The summed E-state index contributed by atoms with van der Waals surface area (Å²) in [6.45, 7) is 4.74. The molecule has 112 valence electrons. The van der Waals surface area contributed by atoms with E-state index in [1.165, 1.54) is 0 Å². The van der Waals surface area contributed by atoms with Crippen molar-refractivity contribution >= 4 is 11.8 Å². The minimum atomic E-state index is -1.11. The molecule has 6 nitrogen and oxygen atoms in total. The van der Waals surface area contributed by atoms with Crippen LogP contribution in [0, 0.1) is 5.41 Å². The number of carbonyl (C=O) groups is 2. The minimum absolute atomic E-state index is 0.278. The number of hydrogen-bond donors (Lipinski definition) is 2. The SMILES string of the molecule is CN(C)CCNC(=O)C(C)(C)C(=O)NCc1ccco1. The molecule has 1 aromatic rings. The molecule has 0 bridgehead atoms. The summed E-state index contributed by atoms with van der Waals surface area (Å²) in [6, 6.07) is 3.52. The van der Waals surface area contributed by atoms with E-state index in [-0.39, 0.29) is 18.4 Å². The van der Waals surface area contributed by atoms with E-state index in [1.807, 2.05) is 19.0 Å². The van der Waals surface area contributed by atoms with Crippen LogP contribution in [0.3, 0.4) is 0 Å². The number of nitrogens with zero attached hydrogens (tertiary/aromatic N) is 1. The van der Waals surface area contributed by atoms with Crippen molar-refractivity contribution in [1.82, 2.24) is 15.5 Å². The second-order valence-corrected chi connectivity index (χ2v) is 5.45. The monoisotopic (exact) mass is 281 g/mol. The van der Waals surface area contributed by atoms with Crippen molar-refractivity contribution in [2.75, 3.05) is 27.2 Å². The molecule has 0 atom stereocenters. The van der Waals surface area contributed by atoms with Crippen molar-refractivity contribution in [2.45, 2.75) is 20.4 Å². The van der Waals surface area contributed by atoms with E-state index in [4.69, 9.17) is 4.42 Å². The number of carbonyl (C=O) groups excluding carboxylic acids is 2. The van der Waals surface area contributed by atoms with E-state index < -0.39 is 5.41 Å². The van der Waals surface area contributed by atoms with Gasteiger partial charge >= 0.3 is 0 Å². The van der Waals surface area contributed by atoms with Crippen LogP contribution < -0.4 is 10.6 Å². The minimum Gasteiger partial charge on any atom is -0.467 e. The molecule has 0 spiro atoms. The van der Waals surface area contributed by atoms with Crippen LogP contribution in [0.4, 0.5) is 0 Å². The molecule has 2 N–H and O–H groups in total. The fraction of sp³-hybridized carbons (Fsp3) is 0.571. The molecule has 1 aromatic heterocycles. The van der Waals surface area contributed by atoms with Gasteiger partial charge in [0.25, 0.3) is 0 Å². The summed E-state index contributed by atoms with van der Waals surface area (Å²) in [6.07, 6.45) is 1.54. The fourth-order valence-electron chi connectivity index (χ4n) is 1.52. The number of rotatable bonds is 7. The number of amides is 2. The second-order valence-electron chi connectivity index (χ2n) is 5.45. The zero-order valence-corrected chi connectivity index (χ0v) is 12.5. The number of hydrogen-bond acceptors (Lipinski definition) is 4. The Morgan fingerprint density at radius 2 is 1.90 bits per heavy atom. The maximum absolute atomic E-state index is 12.1. The summed E-state index contributed by atoms with van der Waals surface area (Å²) in [5, 5.41) is 5.46. The third kappa shape index (κ3) is 4.70. The average Bonchev–Trinajstić information content (AvgIpc) is 2.88. The summed E-state index contributed by atoms with van der Waals surface area (Å²) in [7, 11) is 3.85. The molecule has 2 amide bonds. The van der Waals surface area contributed by atoms with Crippen LogP contribution in [0.5, 0.6) is 0 Å². The Morgan fingerprint density at radius 1 is 1.25 bits per heavy atom. The lowest BCUT2D eigenvalue weighted by Gasteiger charge is -2.23. The van der Waals surface area contributed by atoms with E-state index in [0.717, 1.165) is 6.54 Å². The number of furan rings is 1. The molecule has 1 heterocycles. The molecule has 0 radical (unpaired) electrons. The first-order valence-electron chi connectivity index (χ1n) is 6.57. The highest BCUT2D eigenvalue weighted by molar-refractivity contribution is 6.04. The Kier molecular flexibility index (Phi) is 5.76. The van der Waals surface area contributed by atoms with Gasteiger partial charge in [0.05, 0.1) is 12.8 Å². The molecule has 0 aliphatic carbocycles. The quantitative estimate of drug-likeness (QED) is 0.718. The molecule has 0 saturated carbocycles. The van der Waals surface area contributed by atoms with Gasteiger partial charge in [-0.05, 0) is 40.1 Å². The summed E-state index contributed by atoms with van der Waals surface area (Å²) < 4.78 is 5.13. The van der Waals surface area contributed by atoms with E-state index in [1.54, 1.807) is 32.2 Å². The topological polar surface area (TPSA) is 74.6 Å². The molecular formula is C14H23N3O3. The Hall–Kier alpha value is -1.82. The Bertz CT molecular complexity index is 439. The van der Waals surface area contributed by atoms with Crippen LogP contribution in [-0.4, -0.2) is 43.9 Å². The standard InChI is InChI=1S/C14H23N3O3/c1-14(2,12(18)15-7-8-17(3)4)13(19)16-10-11-6-5-9-20-11/h5-6,9H,7-8,10H2,1-4H3,(H,15,18)(H,16,19). The van der Waals surface area contributed by atoms with Crippen LogP contribution in [0.1, 0.15) is 19.6 Å². The van der Waals surface area contributed by atoms with Gasteiger partial charge < -0.3 is 20.0 Å². The van der Waals surface area contributed by atoms with Crippen LogP contribution in [0.15, 0.2) is 22.8 Å². The van der Waals surface area contributed by atoms with Crippen LogP contribution in [0.25, 0.3) is 0 Å². The molecule has 6 heteroatoms. The second kappa shape index (κ2) is 7.09. The summed E-state index contributed by atoms with van der Waals surface area (Å²) >= 11 is 0. The predicted molar refractivity (Wildman–Crippen MR) is 75.9 cm³/mol. The van der Waals surface area contributed by atoms with Gasteiger partial charge in [-0.15, -0.1) is 0 Å². The number of nitrogens with one attached hydrogen (secondary N) is 2. The van der Waals surface area contributed by atoms with Crippen molar-refractivity contribution in [1.29, 1.82) is 0 Å². The highest BCUT2D eigenvalue weighted by Gasteiger charge is 2.35. The van der Waals surface area contributed by atoms with E-state index in [9.17, 15) is 9.59 Å². The predicted octanol–water partition coefficient (Wildman–Crippen LogP) is 0.600. The Labute approximate surface area is 119 Å². The van der Waals surface area contributed by atoms with Gasteiger partial charge in [0.15, 0.2) is 0 Å². The Morgan fingerprint density at radius 3 is 2.45 bits per heavy atom. The van der Waals surface area contributed by atoms with Gasteiger partial charge in [-0.2, -0.15) is 0 Å². The lowest BCUT2D eigenvalue weighted by molar-refractivity contribution is -0.141. The number of likely N-dealkylation sites (N-methyl/N-ethyl adjacent to an activating group) is 1. The maximum atomic E-state index is 12.1. The van der Waals surface area contributed by atoms with Gasteiger partial charge in [-0.1, -0.05) is 0 Å². The van der Waals surface area contributed by atoms with E-state index >= 15 is 0 Å². The molecule has 0 aliphatic rings. The zero-order valence-electron chi connectivity index (χ0n) is 12.5. The maximum Gasteiger partial charge on any atom is 0.235 e. The van der Waals surface area contributed by atoms with E-state index in [2.05, 4.69) is 10.6 Å². The van der Waals surface area contributed by atoms with Crippen molar-refractivity contribution in [3.63, 3.8) is 0 Å². The van der Waals surface area contributed by atoms with Crippen LogP contribution in [-0.2, 0) is 16.1 Å². The third-order valence-electron chi connectivity index (χ3n) is 2.98. The van der Waals surface area contributed by atoms with E-state index in [0.29, 0.717) is 12.3 Å². The van der Waals surface area contributed by atoms with Crippen molar-refractivity contribution in [2.24, 2.45) is 5.41 Å². The normalized spacial score (nSPS) is 11.4. The molecule has 20 heavy (non-hydrogen) atoms. The van der Waals surface area contributed by atoms with Gasteiger partial charge in [0.1, 0.15) is 11.2 Å². The Balaban J connectivity index is 2.44. The zero-order chi connectivity index (χ0) is 15.2. The van der Waals surface area contributed by atoms with Gasteiger partial charge in [-0.25, -0.2) is 0 Å². The fourth-order valence-corrected chi connectivity index (χ4v) is 1.52. The van der Waals surface area contributed by atoms with Crippen molar-refractivity contribution < 1.29 is 14.0 Å². The van der Waals surface area contributed by atoms with Crippen molar-refractivity contribution in [3.8, 4) is 0 Å². The summed E-state index contributed by atoms with van der Waals surface area (Å²) in [5.41, 5.74) is -1.11. The smallest absolute Gasteiger partial charge is 0.235 e. The van der Waals surface area contributed by atoms with Crippen LogP contribution >= 0.6 is 0 Å². The highest BCUT2D eigenvalue weighted by atomic mass is 16.3. The lowest BCUT2D eigenvalue weighted by atomic mass is 9.91. The third-order valence-corrected chi connectivity index (χ3v) is 2.98. The average molecular weight is 281 g/mol. The van der Waals surface area contributed by atoms with Crippen LogP contribution in [0.2, 0.25) is 0 Å². The lowest BCUT2D eigenvalue weighted by Crippen LogP contribution is -2.48. The summed E-state index contributed by atoms with van der Waals surface area (Å²) in [5.74, 6) is 0.0507. The molecular weight excluding hydrogens is 258 g/mol. The molecule has 0 saturated heterocycles. The largest absolute Gasteiger partial charge is 0.467 e. The molecule has 0 aromatic carbocycles. The molecule has 0 fully saturated rings. The first-order valence-corrected chi connectivity index (χ1v) is 6.57. The first kappa shape index (κ1) is 16.2. The van der Waals surface area contributed by atoms with Gasteiger partial charge in [-0.3, -0.25) is 9.59 Å². The van der Waals surface area contributed by atoms with Crippen molar-refractivity contribution in [3.05, 3.63) is 24.2 Å². The molecule has 0 unspecified atom stereocenters. The first-order chi connectivity index (χ1) is 9.34.